The summed E-state index contributed by atoms with van der Waals surface area (Å²) in [6, 6.07) is 0.0482. The number of urea groups is 2. The number of morpholine rings is 2. The van der Waals surface area contributed by atoms with Gasteiger partial charge in [0.2, 0.25) is 0 Å². The molecule has 2 saturated heterocycles. The third-order valence-corrected chi connectivity index (χ3v) is 5.57. The van der Waals surface area contributed by atoms with Crippen LogP contribution in [0.5, 0.6) is 0 Å². The van der Waals surface area contributed by atoms with Crippen LogP contribution in [0.25, 0.3) is 0 Å². The molecular weight excluding hydrogens is 336 g/mol. The van der Waals surface area contributed by atoms with Gasteiger partial charge in [0.1, 0.15) is 0 Å². The van der Waals surface area contributed by atoms with Crippen LogP contribution < -0.4 is 10.6 Å². The lowest BCUT2D eigenvalue weighted by molar-refractivity contribution is 0.0523. The molecule has 8 heteroatoms. The SMILES string of the molecule is O=C(NC[C@H]1CCC[C@H](CNC(=O)N2CCOCC2)C1)N1CCOCC1. The largest absolute Gasteiger partial charge is 0.378 e. The van der Waals surface area contributed by atoms with E-state index in [0.29, 0.717) is 64.4 Å². The minimum atomic E-state index is 0.0241. The normalized spacial score (nSPS) is 27.1. The first-order valence-electron chi connectivity index (χ1n) is 9.93. The number of carbonyl (C=O) groups is 2. The van der Waals surface area contributed by atoms with Crippen molar-refractivity contribution in [2.75, 3.05) is 65.7 Å². The summed E-state index contributed by atoms with van der Waals surface area (Å²) in [4.78, 5) is 28.0. The lowest BCUT2D eigenvalue weighted by Gasteiger charge is -2.32. The van der Waals surface area contributed by atoms with Crippen LogP contribution in [0.3, 0.4) is 0 Å². The van der Waals surface area contributed by atoms with E-state index in [2.05, 4.69) is 10.6 Å². The molecule has 8 nitrogen and oxygen atoms in total. The van der Waals surface area contributed by atoms with Crippen LogP contribution in [0.1, 0.15) is 25.7 Å². The van der Waals surface area contributed by atoms with Crippen molar-refractivity contribution in [3.05, 3.63) is 0 Å². The second kappa shape index (κ2) is 9.97. The van der Waals surface area contributed by atoms with Gasteiger partial charge < -0.3 is 29.9 Å². The maximum atomic E-state index is 12.2. The molecule has 0 spiro atoms. The Balaban J connectivity index is 1.34. The lowest BCUT2D eigenvalue weighted by Crippen LogP contribution is -2.48. The van der Waals surface area contributed by atoms with Gasteiger partial charge in [0.15, 0.2) is 0 Å². The Kier molecular flexibility index (Phi) is 7.37. The standard InChI is InChI=1S/C18H32N4O4/c23-17(21-4-8-25-9-5-21)19-13-15-2-1-3-16(12-15)14-20-18(24)22-6-10-26-11-7-22/h15-16H,1-14H2,(H,19,23)(H,20,24)/t15-,16-/m0/s1. The number of nitrogens with zero attached hydrogens (tertiary/aromatic N) is 2. The van der Waals surface area contributed by atoms with Crippen LogP contribution in [0.4, 0.5) is 9.59 Å². The van der Waals surface area contributed by atoms with E-state index in [9.17, 15) is 9.59 Å². The maximum Gasteiger partial charge on any atom is 0.317 e. The fourth-order valence-corrected chi connectivity index (χ4v) is 3.99. The first kappa shape index (κ1) is 19.2. The average Bonchev–Trinajstić information content (AvgIpc) is 2.72. The van der Waals surface area contributed by atoms with E-state index in [4.69, 9.17) is 9.47 Å². The van der Waals surface area contributed by atoms with Crippen LogP contribution >= 0.6 is 0 Å². The molecule has 2 aliphatic heterocycles. The third kappa shape index (κ3) is 5.74. The number of ether oxygens (including phenoxy) is 2. The highest BCUT2D eigenvalue weighted by Gasteiger charge is 2.25. The predicted molar refractivity (Wildman–Crippen MR) is 97.0 cm³/mol. The van der Waals surface area contributed by atoms with Crippen molar-refractivity contribution in [2.24, 2.45) is 11.8 Å². The van der Waals surface area contributed by atoms with Gasteiger partial charge in [-0.1, -0.05) is 6.42 Å². The molecule has 4 amide bonds. The molecular formula is C18H32N4O4. The Hall–Kier alpha value is -1.54. The number of hydrogen-bond donors (Lipinski definition) is 2. The summed E-state index contributed by atoms with van der Waals surface area (Å²) in [6.45, 7) is 6.65. The molecule has 0 aromatic heterocycles. The Morgan fingerprint density at radius 2 is 1.19 bits per heavy atom. The highest BCUT2D eigenvalue weighted by Crippen LogP contribution is 2.28. The first-order valence-corrected chi connectivity index (χ1v) is 9.93. The van der Waals surface area contributed by atoms with E-state index in [0.717, 1.165) is 38.8 Å². The molecule has 0 bridgehead atoms. The zero-order chi connectivity index (χ0) is 18.2. The van der Waals surface area contributed by atoms with Crippen molar-refractivity contribution < 1.29 is 19.1 Å². The molecule has 2 atom stereocenters. The molecule has 3 rings (SSSR count). The summed E-state index contributed by atoms with van der Waals surface area (Å²) in [5.74, 6) is 0.998. The fourth-order valence-electron chi connectivity index (χ4n) is 3.99. The van der Waals surface area contributed by atoms with Crippen molar-refractivity contribution in [3.63, 3.8) is 0 Å². The van der Waals surface area contributed by atoms with Crippen LogP contribution in [-0.4, -0.2) is 87.6 Å². The number of hydrogen-bond acceptors (Lipinski definition) is 4. The quantitative estimate of drug-likeness (QED) is 0.772. The van der Waals surface area contributed by atoms with E-state index in [-0.39, 0.29) is 12.1 Å². The van der Waals surface area contributed by atoms with Crippen molar-refractivity contribution in [1.82, 2.24) is 20.4 Å². The molecule has 1 aliphatic carbocycles. The number of carbonyl (C=O) groups excluding carboxylic acids is 2. The lowest BCUT2D eigenvalue weighted by atomic mass is 9.81. The van der Waals surface area contributed by atoms with Gasteiger partial charge in [-0.05, 0) is 31.1 Å². The zero-order valence-electron chi connectivity index (χ0n) is 15.6. The number of amides is 4. The van der Waals surface area contributed by atoms with Crippen molar-refractivity contribution in [3.8, 4) is 0 Å². The van der Waals surface area contributed by atoms with Crippen molar-refractivity contribution >= 4 is 12.1 Å². The molecule has 2 N–H and O–H groups in total. The summed E-state index contributed by atoms with van der Waals surface area (Å²) < 4.78 is 10.6. The molecule has 2 heterocycles. The first-order chi connectivity index (χ1) is 12.7. The minimum Gasteiger partial charge on any atom is -0.378 e. The molecule has 0 aromatic rings. The van der Waals surface area contributed by atoms with Crippen molar-refractivity contribution in [1.29, 1.82) is 0 Å². The van der Waals surface area contributed by atoms with E-state index in [1.165, 1.54) is 0 Å². The number of rotatable bonds is 4. The van der Waals surface area contributed by atoms with Gasteiger partial charge in [0.05, 0.1) is 26.4 Å². The van der Waals surface area contributed by atoms with Crippen molar-refractivity contribution in [2.45, 2.75) is 25.7 Å². The highest BCUT2D eigenvalue weighted by atomic mass is 16.5. The van der Waals surface area contributed by atoms with E-state index in [1.54, 1.807) is 0 Å². The average molecular weight is 368 g/mol. The second-order valence-corrected chi connectivity index (χ2v) is 7.47. The monoisotopic (exact) mass is 368 g/mol. The molecule has 3 aliphatic rings. The Morgan fingerprint density at radius 3 is 1.62 bits per heavy atom. The minimum absolute atomic E-state index is 0.0241. The van der Waals surface area contributed by atoms with Gasteiger partial charge in [-0.25, -0.2) is 9.59 Å². The fraction of sp³-hybridized carbons (Fsp3) is 0.889. The molecule has 0 radical (unpaired) electrons. The van der Waals surface area contributed by atoms with Gasteiger partial charge in [0.25, 0.3) is 0 Å². The summed E-state index contributed by atoms with van der Waals surface area (Å²) in [6.07, 6.45) is 4.53. The third-order valence-electron chi connectivity index (χ3n) is 5.57. The number of nitrogens with one attached hydrogen (secondary N) is 2. The molecule has 26 heavy (non-hydrogen) atoms. The summed E-state index contributed by atoms with van der Waals surface area (Å²) in [5.41, 5.74) is 0. The second-order valence-electron chi connectivity index (χ2n) is 7.47. The smallest absolute Gasteiger partial charge is 0.317 e. The summed E-state index contributed by atoms with van der Waals surface area (Å²) in [7, 11) is 0. The Labute approximate surface area is 155 Å². The highest BCUT2D eigenvalue weighted by molar-refractivity contribution is 5.74. The molecule has 1 saturated carbocycles. The van der Waals surface area contributed by atoms with Crippen LogP contribution in [0.15, 0.2) is 0 Å². The Morgan fingerprint density at radius 1 is 0.769 bits per heavy atom. The summed E-state index contributed by atoms with van der Waals surface area (Å²) in [5, 5.41) is 6.16. The maximum absolute atomic E-state index is 12.2. The van der Waals surface area contributed by atoms with Gasteiger partial charge >= 0.3 is 12.1 Å². The molecule has 0 unspecified atom stereocenters. The van der Waals surface area contributed by atoms with Gasteiger partial charge in [-0.2, -0.15) is 0 Å². The predicted octanol–water partition coefficient (Wildman–Crippen LogP) is 0.876. The van der Waals surface area contributed by atoms with E-state index in [1.807, 2.05) is 9.80 Å². The van der Waals surface area contributed by atoms with Gasteiger partial charge in [0, 0.05) is 39.3 Å². The van der Waals surface area contributed by atoms with Crippen LogP contribution in [-0.2, 0) is 9.47 Å². The van der Waals surface area contributed by atoms with Gasteiger partial charge in [-0.3, -0.25) is 0 Å². The van der Waals surface area contributed by atoms with E-state index < -0.39 is 0 Å². The Bertz CT molecular complexity index is 424. The molecule has 148 valence electrons. The van der Waals surface area contributed by atoms with Gasteiger partial charge in [-0.15, -0.1) is 0 Å². The van der Waals surface area contributed by atoms with Crippen LogP contribution in [0, 0.1) is 11.8 Å². The van der Waals surface area contributed by atoms with E-state index >= 15 is 0 Å². The summed E-state index contributed by atoms with van der Waals surface area (Å²) >= 11 is 0. The topological polar surface area (TPSA) is 83.1 Å². The molecule has 0 aromatic carbocycles. The molecule has 3 fully saturated rings. The zero-order valence-corrected chi connectivity index (χ0v) is 15.6. The van der Waals surface area contributed by atoms with Crippen LogP contribution in [0.2, 0.25) is 0 Å².